The maximum Gasteiger partial charge on any atom is 0.225 e. The van der Waals surface area contributed by atoms with Crippen molar-refractivity contribution in [3.8, 4) is 11.6 Å². The monoisotopic (exact) mass is 229 g/mol. The second kappa shape index (κ2) is 4.82. The van der Waals surface area contributed by atoms with Crippen LogP contribution in [-0.2, 0) is 0 Å². The molecular formula is C13H15N3O. The Hall–Kier alpha value is -2.10. The number of ether oxygens (including phenoxy) is 1. The maximum atomic E-state index is 5.69. The third-order valence-electron chi connectivity index (χ3n) is 2.27. The molecule has 0 atom stereocenters. The third-order valence-corrected chi connectivity index (χ3v) is 2.27. The van der Waals surface area contributed by atoms with E-state index in [1.807, 2.05) is 26.0 Å². The van der Waals surface area contributed by atoms with Crippen LogP contribution in [0.15, 0.2) is 30.5 Å². The number of anilines is 1. The molecule has 0 aliphatic heterocycles. The number of aromatic nitrogens is 2. The van der Waals surface area contributed by atoms with E-state index in [0.717, 1.165) is 5.75 Å². The van der Waals surface area contributed by atoms with E-state index in [9.17, 15) is 0 Å². The van der Waals surface area contributed by atoms with E-state index in [2.05, 4.69) is 21.4 Å². The summed E-state index contributed by atoms with van der Waals surface area (Å²) >= 11 is 0. The number of hydrogen-bond donors (Lipinski definition) is 1. The highest BCUT2D eigenvalue weighted by Crippen LogP contribution is 2.22. The second-order valence-corrected chi connectivity index (χ2v) is 3.89. The number of rotatable bonds is 3. The van der Waals surface area contributed by atoms with Crippen molar-refractivity contribution in [2.45, 2.75) is 13.8 Å². The van der Waals surface area contributed by atoms with Gasteiger partial charge in [-0.2, -0.15) is 4.98 Å². The van der Waals surface area contributed by atoms with Crippen molar-refractivity contribution in [3.63, 3.8) is 0 Å². The van der Waals surface area contributed by atoms with Gasteiger partial charge in [-0.1, -0.05) is 6.07 Å². The van der Waals surface area contributed by atoms with Gasteiger partial charge < -0.3 is 10.1 Å². The Bertz CT molecular complexity index is 506. The average Bonchev–Trinajstić information content (AvgIpc) is 2.28. The summed E-state index contributed by atoms with van der Waals surface area (Å²) in [4.78, 5) is 8.23. The summed E-state index contributed by atoms with van der Waals surface area (Å²) in [5, 5.41) is 2.87. The topological polar surface area (TPSA) is 47.0 Å². The van der Waals surface area contributed by atoms with Gasteiger partial charge in [0.15, 0.2) is 0 Å². The zero-order valence-corrected chi connectivity index (χ0v) is 10.2. The van der Waals surface area contributed by atoms with Gasteiger partial charge in [-0.3, -0.25) is 0 Å². The molecule has 4 nitrogen and oxygen atoms in total. The number of hydrogen-bond acceptors (Lipinski definition) is 4. The molecule has 1 heterocycles. The number of benzene rings is 1. The van der Waals surface area contributed by atoms with Gasteiger partial charge in [-0.05, 0) is 37.1 Å². The first kappa shape index (κ1) is 11.4. The molecular weight excluding hydrogens is 214 g/mol. The summed E-state index contributed by atoms with van der Waals surface area (Å²) in [7, 11) is 1.77. The standard InChI is InChI=1S/C13H15N3O/c1-9-6-10(2)8-11(7-9)17-12-4-5-15-13(14-3)16-12/h4-8H,1-3H3,(H,14,15,16). The van der Waals surface area contributed by atoms with Gasteiger partial charge in [0.2, 0.25) is 11.8 Å². The highest BCUT2D eigenvalue weighted by atomic mass is 16.5. The van der Waals surface area contributed by atoms with Gasteiger partial charge >= 0.3 is 0 Å². The second-order valence-electron chi connectivity index (χ2n) is 3.89. The van der Waals surface area contributed by atoms with E-state index in [1.54, 1.807) is 19.3 Å². The molecule has 2 rings (SSSR count). The van der Waals surface area contributed by atoms with Crippen LogP contribution in [0.4, 0.5) is 5.95 Å². The van der Waals surface area contributed by atoms with E-state index in [-0.39, 0.29) is 0 Å². The Morgan fingerprint density at radius 3 is 2.47 bits per heavy atom. The minimum absolute atomic E-state index is 0.536. The molecule has 0 fully saturated rings. The van der Waals surface area contributed by atoms with Crippen LogP contribution in [0.1, 0.15) is 11.1 Å². The van der Waals surface area contributed by atoms with Crippen LogP contribution in [0, 0.1) is 13.8 Å². The lowest BCUT2D eigenvalue weighted by Crippen LogP contribution is -1.97. The Labute approximate surface area is 101 Å². The molecule has 0 aliphatic rings. The van der Waals surface area contributed by atoms with Crippen molar-refractivity contribution in [2.24, 2.45) is 0 Å². The summed E-state index contributed by atoms with van der Waals surface area (Å²) in [6, 6.07) is 7.80. The molecule has 0 radical (unpaired) electrons. The molecule has 88 valence electrons. The maximum absolute atomic E-state index is 5.69. The molecule has 1 aromatic carbocycles. The van der Waals surface area contributed by atoms with Gasteiger partial charge in [0.25, 0.3) is 0 Å². The van der Waals surface area contributed by atoms with Crippen LogP contribution >= 0.6 is 0 Å². The van der Waals surface area contributed by atoms with Gasteiger partial charge in [-0.25, -0.2) is 4.98 Å². The fraction of sp³-hybridized carbons (Fsp3) is 0.231. The summed E-state index contributed by atoms with van der Waals surface area (Å²) < 4.78 is 5.69. The van der Waals surface area contributed by atoms with E-state index in [1.165, 1.54) is 11.1 Å². The largest absolute Gasteiger partial charge is 0.439 e. The molecule has 2 aromatic rings. The molecule has 0 aliphatic carbocycles. The van der Waals surface area contributed by atoms with Crippen LogP contribution in [-0.4, -0.2) is 17.0 Å². The fourth-order valence-corrected chi connectivity index (χ4v) is 1.63. The van der Waals surface area contributed by atoms with Crippen molar-refractivity contribution < 1.29 is 4.74 Å². The van der Waals surface area contributed by atoms with E-state index in [0.29, 0.717) is 11.8 Å². The predicted molar refractivity (Wildman–Crippen MR) is 67.6 cm³/mol. The van der Waals surface area contributed by atoms with Crippen LogP contribution in [0.25, 0.3) is 0 Å². The van der Waals surface area contributed by atoms with E-state index >= 15 is 0 Å². The van der Waals surface area contributed by atoms with Crippen LogP contribution < -0.4 is 10.1 Å². The van der Waals surface area contributed by atoms with Gasteiger partial charge in [0.1, 0.15) is 5.75 Å². The Kier molecular flexibility index (Phi) is 3.23. The quantitative estimate of drug-likeness (QED) is 0.879. The van der Waals surface area contributed by atoms with Gasteiger partial charge in [0, 0.05) is 19.3 Å². The Morgan fingerprint density at radius 2 is 1.82 bits per heavy atom. The molecule has 1 N–H and O–H groups in total. The van der Waals surface area contributed by atoms with Crippen molar-refractivity contribution in [1.82, 2.24) is 9.97 Å². The fourth-order valence-electron chi connectivity index (χ4n) is 1.63. The molecule has 0 unspecified atom stereocenters. The van der Waals surface area contributed by atoms with Gasteiger partial charge in [0.05, 0.1) is 0 Å². The zero-order valence-electron chi connectivity index (χ0n) is 10.2. The van der Waals surface area contributed by atoms with E-state index in [4.69, 9.17) is 4.74 Å². The molecule has 4 heteroatoms. The normalized spacial score (nSPS) is 10.1. The first-order valence-electron chi connectivity index (χ1n) is 5.44. The minimum atomic E-state index is 0.536. The predicted octanol–water partition coefficient (Wildman–Crippen LogP) is 2.93. The lowest BCUT2D eigenvalue weighted by molar-refractivity contribution is 0.461. The van der Waals surface area contributed by atoms with Crippen LogP contribution in [0.3, 0.4) is 0 Å². The minimum Gasteiger partial charge on any atom is -0.439 e. The summed E-state index contributed by atoms with van der Waals surface area (Å²) in [6.45, 7) is 4.08. The molecule has 17 heavy (non-hydrogen) atoms. The first-order chi connectivity index (χ1) is 8.17. The zero-order chi connectivity index (χ0) is 12.3. The number of nitrogens with zero attached hydrogens (tertiary/aromatic N) is 2. The lowest BCUT2D eigenvalue weighted by atomic mass is 10.1. The molecule has 0 spiro atoms. The van der Waals surface area contributed by atoms with E-state index < -0.39 is 0 Å². The molecule has 1 aromatic heterocycles. The Morgan fingerprint density at radius 1 is 1.12 bits per heavy atom. The smallest absolute Gasteiger partial charge is 0.225 e. The number of nitrogens with one attached hydrogen (secondary N) is 1. The van der Waals surface area contributed by atoms with Gasteiger partial charge in [-0.15, -0.1) is 0 Å². The number of aryl methyl sites for hydroxylation is 2. The van der Waals surface area contributed by atoms with Crippen molar-refractivity contribution in [1.29, 1.82) is 0 Å². The molecule has 0 bridgehead atoms. The van der Waals surface area contributed by atoms with Crippen molar-refractivity contribution >= 4 is 5.95 Å². The molecule has 0 saturated heterocycles. The van der Waals surface area contributed by atoms with Crippen LogP contribution in [0.5, 0.6) is 11.6 Å². The Balaban J connectivity index is 2.24. The van der Waals surface area contributed by atoms with Crippen molar-refractivity contribution in [3.05, 3.63) is 41.6 Å². The third kappa shape index (κ3) is 2.93. The average molecular weight is 229 g/mol. The van der Waals surface area contributed by atoms with Crippen molar-refractivity contribution in [2.75, 3.05) is 12.4 Å². The van der Waals surface area contributed by atoms with Crippen LogP contribution in [0.2, 0.25) is 0 Å². The highest BCUT2D eigenvalue weighted by molar-refractivity contribution is 5.36. The molecule has 0 saturated carbocycles. The summed E-state index contributed by atoms with van der Waals surface area (Å²) in [5.74, 6) is 1.88. The SMILES string of the molecule is CNc1nccc(Oc2cc(C)cc(C)c2)n1. The summed E-state index contributed by atoms with van der Waals surface area (Å²) in [6.07, 6.45) is 1.66. The first-order valence-corrected chi connectivity index (χ1v) is 5.44. The summed E-state index contributed by atoms with van der Waals surface area (Å²) in [5.41, 5.74) is 2.34. The molecule has 0 amide bonds. The highest BCUT2D eigenvalue weighted by Gasteiger charge is 2.01. The lowest BCUT2D eigenvalue weighted by Gasteiger charge is -2.07.